The van der Waals surface area contributed by atoms with Crippen LogP contribution in [0.25, 0.3) is 0 Å². The second kappa shape index (κ2) is 11.0. The smallest absolute Gasteiger partial charge is 0.191 e. The zero-order chi connectivity index (χ0) is 18.1. The number of guanidine groups is 1. The minimum Gasteiger partial charge on any atom is -0.357 e. The maximum Gasteiger partial charge on any atom is 0.191 e. The van der Waals surface area contributed by atoms with E-state index in [0.29, 0.717) is 12.0 Å². The van der Waals surface area contributed by atoms with Crippen molar-refractivity contribution in [3.05, 3.63) is 0 Å². The number of likely N-dealkylation sites (tertiary alicyclic amines) is 1. The van der Waals surface area contributed by atoms with E-state index in [1.165, 1.54) is 45.6 Å². The SMILES string of the molecule is CCNC(=NCC(C)CN1CCN(C)CC1)NCC1CCCN1CC. The number of rotatable bonds is 8. The third-order valence-corrected chi connectivity index (χ3v) is 5.48. The van der Waals surface area contributed by atoms with Gasteiger partial charge in [-0.1, -0.05) is 13.8 Å². The van der Waals surface area contributed by atoms with Gasteiger partial charge in [0.15, 0.2) is 5.96 Å². The molecule has 2 N–H and O–H groups in total. The number of likely N-dealkylation sites (N-methyl/N-ethyl adjacent to an activating group) is 2. The Balaban J connectivity index is 1.74. The predicted octanol–water partition coefficient (Wildman–Crippen LogP) is 0.909. The molecule has 0 aromatic carbocycles. The topological polar surface area (TPSA) is 46.1 Å². The van der Waals surface area contributed by atoms with Crippen molar-refractivity contribution in [2.75, 3.05) is 72.5 Å². The number of hydrogen-bond donors (Lipinski definition) is 2. The summed E-state index contributed by atoms with van der Waals surface area (Å²) in [4.78, 5) is 12.4. The van der Waals surface area contributed by atoms with Gasteiger partial charge in [0.2, 0.25) is 0 Å². The molecule has 2 unspecified atom stereocenters. The van der Waals surface area contributed by atoms with Crippen LogP contribution in [-0.2, 0) is 0 Å². The molecule has 2 atom stereocenters. The van der Waals surface area contributed by atoms with Crippen LogP contribution in [0.3, 0.4) is 0 Å². The molecule has 146 valence electrons. The van der Waals surface area contributed by atoms with Gasteiger partial charge in [-0.25, -0.2) is 0 Å². The van der Waals surface area contributed by atoms with Crippen molar-refractivity contribution in [3.8, 4) is 0 Å². The van der Waals surface area contributed by atoms with Gasteiger partial charge >= 0.3 is 0 Å². The molecule has 0 bridgehead atoms. The van der Waals surface area contributed by atoms with Crippen molar-refractivity contribution < 1.29 is 0 Å². The maximum atomic E-state index is 4.84. The number of nitrogens with one attached hydrogen (secondary N) is 2. The maximum absolute atomic E-state index is 4.84. The lowest BCUT2D eigenvalue weighted by molar-refractivity contribution is 0.140. The Hall–Kier alpha value is -0.850. The molecule has 2 aliphatic rings. The molecule has 2 fully saturated rings. The van der Waals surface area contributed by atoms with Crippen molar-refractivity contribution in [1.29, 1.82) is 0 Å². The molecule has 2 rings (SSSR count). The average Bonchev–Trinajstić information content (AvgIpc) is 3.07. The molecular formula is C19H40N6. The van der Waals surface area contributed by atoms with Crippen molar-refractivity contribution in [1.82, 2.24) is 25.3 Å². The second-order valence-electron chi connectivity index (χ2n) is 7.73. The first-order chi connectivity index (χ1) is 12.1. The lowest BCUT2D eigenvalue weighted by atomic mass is 10.1. The quantitative estimate of drug-likeness (QED) is 0.502. The molecule has 6 heteroatoms. The van der Waals surface area contributed by atoms with Crippen molar-refractivity contribution in [3.63, 3.8) is 0 Å². The highest BCUT2D eigenvalue weighted by atomic mass is 15.3. The Morgan fingerprint density at radius 1 is 1.12 bits per heavy atom. The largest absolute Gasteiger partial charge is 0.357 e. The van der Waals surface area contributed by atoms with E-state index in [0.717, 1.165) is 38.7 Å². The molecule has 2 heterocycles. The molecular weight excluding hydrogens is 312 g/mol. The van der Waals surface area contributed by atoms with Crippen molar-refractivity contribution in [2.45, 2.75) is 39.7 Å². The monoisotopic (exact) mass is 352 g/mol. The first-order valence-electron chi connectivity index (χ1n) is 10.3. The number of hydrogen-bond acceptors (Lipinski definition) is 4. The van der Waals surface area contributed by atoms with Gasteiger partial charge in [-0.15, -0.1) is 0 Å². The molecule has 6 nitrogen and oxygen atoms in total. The minimum absolute atomic E-state index is 0.595. The third kappa shape index (κ3) is 7.12. The summed E-state index contributed by atoms with van der Waals surface area (Å²) < 4.78 is 0. The van der Waals surface area contributed by atoms with Gasteiger partial charge in [-0.05, 0) is 45.8 Å². The summed E-state index contributed by atoms with van der Waals surface area (Å²) in [5, 5.41) is 6.97. The average molecular weight is 353 g/mol. The number of nitrogens with zero attached hydrogens (tertiary/aromatic N) is 4. The van der Waals surface area contributed by atoms with Crippen LogP contribution in [0.5, 0.6) is 0 Å². The van der Waals surface area contributed by atoms with Crippen molar-refractivity contribution >= 4 is 5.96 Å². The van der Waals surface area contributed by atoms with E-state index >= 15 is 0 Å². The summed E-state index contributed by atoms with van der Waals surface area (Å²) in [6.07, 6.45) is 2.63. The van der Waals surface area contributed by atoms with Crippen LogP contribution in [-0.4, -0.2) is 99.2 Å². The summed E-state index contributed by atoms with van der Waals surface area (Å²) in [5.74, 6) is 1.58. The standard InChI is InChI=1S/C19H40N6/c1-5-20-19(22-15-18-8-7-9-25(18)6-2)21-14-17(3)16-24-12-10-23(4)11-13-24/h17-18H,5-16H2,1-4H3,(H2,20,21,22). The fraction of sp³-hybridized carbons (Fsp3) is 0.947. The van der Waals surface area contributed by atoms with Gasteiger partial charge in [0, 0.05) is 58.4 Å². The fourth-order valence-corrected chi connectivity index (χ4v) is 3.87. The van der Waals surface area contributed by atoms with Gasteiger partial charge < -0.3 is 20.4 Å². The van der Waals surface area contributed by atoms with Gasteiger partial charge in [0.1, 0.15) is 0 Å². The Kier molecular flexibility index (Phi) is 8.99. The minimum atomic E-state index is 0.595. The first kappa shape index (κ1) is 20.5. The van der Waals surface area contributed by atoms with Crippen LogP contribution in [0.4, 0.5) is 0 Å². The van der Waals surface area contributed by atoms with Gasteiger partial charge in [-0.3, -0.25) is 9.89 Å². The Labute approximate surface area is 155 Å². The van der Waals surface area contributed by atoms with E-state index in [1.807, 2.05) is 0 Å². The van der Waals surface area contributed by atoms with Crippen LogP contribution in [0.2, 0.25) is 0 Å². The van der Waals surface area contributed by atoms with Gasteiger partial charge in [0.25, 0.3) is 0 Å². The summed E-state index contributed by atoms with van der Waals surface area (Å²) in [5.41, 5.74) is 0. The Morgan fingerprint density at radius 3 is 2.56 bits per heavy atom. The molecule has 2 aliphatic heterocycles. The molecule has 0 saturated carbocycles. The fourth-order valence-electron chi connectivity index (χ4n) is 3.87. The molecule has 0 spiro atoms. The predicted molar refractivity (Wildman–Crippen MR) is 107 cm³/mol. The zero-order valence-electron chi connectivity index (χ0n) is 16.9. The summed E-state index contributed by atoms with van der Waals surface area (Å²) in [6, 6.07) is 0.664. The van der Waals surface area contributed by atoms with E-state index < -0.39 is 0 Å². The van der Waals surface area contributed by atoms with Crippen LogP contribution in [0, 0.1) is 5.92 Å². The summed E-state index contributed by atoms with van der Waals surface area (Å²) in [7, 11) is 2.21. The molecule has 0 radical (unpaired) electrons. The molecule has 0 aromatic rings. The highest BCUT2D eigenvalue weighted by molar-refractivity contribution is 5.79. The molecule has 2 saturated heterocycles. The van der Waals surface area contributed by atoms with Crippen LogP contribution in [0.1, 0.15) is 33.6 Å². The third-order valence-electron chi connectivity index (χ3n) is 5.48. The lowest BCUT2D eigenvalue weighted by Crippen LogP contribution is -2.46. The highest BCUT2D eigenvalue weighted by Gasteiger charge is 2.22. The van der Waals surface area contributed by atoms with Crippen LogP contribution in [0.15, 0.2) is 4.99 Å². The highest BCUT2D eigenvalue weighted by Crippen LogP contribution is 2.15. The van der Waals surface area contributed by atoms with E-state index in [1.54, 1.807) is 0 Å². The summed E-state index contributed by atoms with van der Waals surface area (Å²) in [6.45, 7) is 17.9. The lowest BCUT2D eigenvalue weighted by Gasteiger charge is -2.33. The van der Waals surface area contributed by atoms with Gasteiger partial charge in [-0.2, -0.15) is 0 Å². The number of aliphatic imine (C=N–C) groups is 1. The summed E-state index contributed by atoms with van der Waals surface area (Å²) >= 11 is 0. The second-order valence-corrected chi connectivity index (χ2v) is 7.73. The van der Waals surface area contributed by atoms with E-state index in [2.05, 4.69) is 53.2 Å². The van der Waals surface area contributed by atoms with Gasteiger partial charge in [0.05, 0.1) is 0 Å². The number of piperazine rings is 1. The van der Waals surface area contributed by atoms with Crippen molar-refractivity contribution in [2.24, 2.45) is 10.9 Å². The first-order valence-corrected chi connectivity index (χ1v) is 10.3. The van der Waals surface area contributed by atoms with E-state index in [4.69, 9.17) is 4.99 Å². The normalized spacial score (nSPS) is 25.3. The van der Waals surface area contributed by atoms with Crippen LogP contribution < -0.4 is 10.6 Å². The van der Waals surface area contributed by atoms with E-state index in [-0.39, 0.29) is 0 Å². The Morgan fingerprint density at radius 2 is 1.88 bits per heavy atom. The van der Waals surface area contributed by atoms with Crippen LogP contribution >= 0.6 is 0 Å². The molecule has 25 heavy (non-hydrogen) atoms. The molecule has 0 amide bonds. The zero-order valence-corrected chi connectivity index (χ0v) is 16.9. The molecule has 0 aromatic heterocycles. The Bertz CT molecular complexity index is 391. The van der Waals surface area contributed by atoms with E-state index in [9.17, 15) is 0 Å². The molecule has 0 aliphatic carbocycles.